The van der Waals surface area contributed by atoms with Gasteiger partial charge in [-0.05, 0) is 30.5 Å². The van der Waals surface area contributed by atoms with Crippen molar-refractivity contribution in [2.45, 2.75) is 13.3 Å². The van der Waals surface area contributed by atoms with Gasteiger partial charge in [0.25, 0.3) is 5.91 Å². The zero-order valence-corrected chi connectivity index (χ0v) is 14.1. The quantitative estimate of drug-likeness (QED) is 0.825. The van der Waals surface area contributed by atoms with Gasteiger partial charge in [0.2, 0.25) is 5.91 Å². The molecule has 130 valence electrons. The SMILES string of the molecule is CC1CC1C(=O)Nc1cccc(C(=O)NCCN2CCOCC2)c1. The molecule has 24 heavy (non-hydrogen) atoms. The molecule has 6 nitrogen and oxygen atoms in total. The zero-order valence-electron chi connectivity index (χ0n) is 14.1. The van der Waals surface area contributed by atoms with Crippen molar-refractivity contribution in [2.75, 3.05) is 44.7 Å². The lowest BCUT2D eigenvalue weighted by atomic mass is 10.2. The Morgan fingerprint density at radius 1 is 1.29 bits per heavy atom. The average molecular weight is 331 g/mol. The molecule has 1 saturated carbocycles. The van der Waals surface area contributed by atoms with Crippen molar-refractivity contribution < 1.29 is 14.3 Å². The maximum absolute atomic E-state index is 12.3. The van der Waals surface area contributed by atoms with E-state index in [2.05, 4.69) is 22.5 Å². The minimum atomic E-state index is -0.112. The molecule has 3 rings (SSSR count). The summed E-state index contributed by atoms with van der Waals surface area (Å²) in [5, 5.41) is 5.83. The predicted molar refractivity (Wildman–Crippen MR) is 91.9 cm³/mol. The molecule has 1 saturated heterocycles. The monoisotopic (exact) mass is 331 g/mol. The van der Waals surface area contributed by atoms with Crippen LogP contribution < -0.4 is 10.6 Å². The van der Waals surface area contributed by atoms with E-state index in [1.165, 1.54) is 0 Å². The molecule has 6 heteroatoms. The van der Waals surface area contributed by atoms with Crippen LogP contribution in [0.25, 0.3) is 0 Å². The minimum absolute atomic E-state index is 0.0485. The van der Waals surface area contributed by atoms with Crippen LogP contribution in [0.3, 0.4) is 0 Å². The highest BCUT2D eigenvalue weighted by Crippen LogP contribution is 2.38. The molecule has 1 aliphatic heterocycles. The summed E-state index contributed by atoms with van der Waals surface area (Å²) in [4.78, 5) is 26.5. The average Bonchev–Trinajstić information content (AvgIpc) is 3.33. The summed E-state index contributed by atoms with van der Waals surface area (Å²) in [6.07, 6.45) is 0.952. The Labute approximate surface area is 142 Å². The molecule has 0 aromatic heterocycles. The molecule has 0 bridgehead atoms. The minimum Gasteiger partial charge on any atom is -0.379 e. The van der Waals surface area contributed by atoms with Crippen LogP contribution in [0.1, 0.15) is 23.7 Å². The molecule has 1 heterocycles. The summed E-state index contributed by atoms with van der Waals surface area (Å²) < 4.78 is 5.31. The molecule has 2 aliphatic rings. The summed E-state index contributed by atoms with van der Waals surface area (Å²) in [7, 11) is 0. The number of rotatable bonds is 6. The van der Waals surface area contributed by atoms with Gasteiger partial charge in [-0.15, -0.1) is 0 Å². The largest absolute Gasteiger partial charge is 0.379 e. The van der Waals surface area contributed by atoms with E-state index in [9.17, 15) is 9.59 Å². The molecule has 0 spiro atoms. The maximum Gasteiger partial charge on any atom is 0.251 e. The second kappa shape index (κ2) is 7.77. The van der Waals surface area contributed by atoms with Crippen molar-refractivity contribution in [3.05, 3.63) is 29.8 Å². The summed E-state index contributed by atoms with van der Waals surface area (Å²) in [5.74, 6) is 0.527. The number of anilines is 1. The van der Waals surface area contributed by atoms with Gasteiger partial charge in [-0.3, -0.25) is 14.5 Å². The standard InChI is InChI=1S/C18H25N3O3/c1-13-11-16(13)18(23)20-15-4-2-3-14(12-15)17(22)19-5-6-21-7-9-24-10-8-21/h2-4,12-13,16H,5-11H2,1H3,(H,19,22)(H,20,23). The van der Waals surface area contributed by atoms with Crippen LogP contribution in [0.5, 0.6) is 0 Å². The Morgan fingerprint density at radius 2 is 2.04 bits per heavy atom. The van der Waals surface area contributed by atoms with Gasteiger partial charge in [-0.1, -0.05) is 13.0 Å². The molecule has 2 atom stereocenters. The van der Waals surface area contributed by atoms with Gasteiger partial charge >= 0.3 is 0 Å². The van der Waals surface area contributed by atoms with Crippen molar-refractivity contribution in [3.8, 4) is 0 Å². The Hall–Kier alpha value is -1.92. The number of hydrogen-bond donors (Lipinski definition) is 2. The third-order valence-electron chi connectivity index (χ3n) is 4.66. The number of nitrogens with zero attached hydrogens (tertiary/aromatic N) is 1. The van der Waals surface area contributed by atoms with Crippen molar-refractivity contribution in [1.29, 1.82) is 0 Å². The molecule has 1 aromatic rings. The molecule has 1 aromatic carbocycles. The second-order valence-corrected chi connectivity index (χ2v) is 6.60. The van der Waals surface area contributed by atoms with Gasteiger partial charge in [0.1, 0.15) is 0 Å². The van der Waals surface area contributed by atoms with E-state index in [0.29, 0.717) is 23.7 Å². The van der Waals surface area contributed by atoms with Gasteiger partial charge in [0.15, 0.2) is 0 Å². The van der Waals surface area contributed by atoms with E-state index in [4.69, 9.17) is 4.74 Å². The normalized spacial score (nSPS) is 23.5. The predicted octanol–water partition coefficient (Wildman–Crippen LogP) is 1.34. The fraction of sp³-hybridized carbons (Fsp3) is 0.556. The molecule has 2 unspecified atom stereocenters. The van der Waals surface area contributed by atoms with Crippen molar-refractivity contribution in [3.63, 3.8) is 0 Å². The van der Waals surface area contributed by atoms with Gasteiger partial charge < -0.3 is 15.4 Å². The van der Waals surface area contributed by atoms with Crippen LogP contribution in [-0.2, 0) is 9.53 Å². The van der Waals surface area contributed by atoms with E-state index < -0.39 is 0 Å². The number of carbonyl (C=O) groups is 2. The lowest BCUT2D eigenvalue weighted by Crippen LogP contribution is -2.41. The Bertz CT molecular complexity index is 599. The summed E-state index contributed by atoms with van der Waals surface area (Å²) >= 11 is 0. The first kappa shape index (κ1) is 16.9. The fourth-order valence-electron chi connectivity index (χ4n) is 2.91. The Kier molecular flexibility index (Phi) is 5.48. The first-order valence-electron chi connectivity index (χ1n) is 8.63. The number of morpholine rings is 1. The first-order chi connectivity index (χ1) is 11.6. The van der Waals surface area contributed by atoms with Crippen molar-refractivity contribution in [2.24, 2.45) is 11.8 Å². The number of benzene rings is 1. The smallest absolute Gasteiger partial charge is 0.251 e. The molecule has 1 aliphatic carbocycles. The van der Waals surface area contributed by atoms with Gasteiger partial charge in [0.05, 0.1) is 13.2 Å². The molecule has 0 radical (unpaired) electrons. The fourth-order valence-corrected chi connectivity index (χ4v) is 2.91. The maximum atomic E-state index is 12.3. The first-order valence-corrected chi connectivity index (χ1v) is 8.63. The number of hydrogen-bond acceptors (Lipinski definition) is 4. The molecular formula is C18H25N3O3. The van der Waals surface area contributed by atoms with E-state index >= 15 is 0 Å². The van der Waals surface area contributed by atoms with Gasteiger partial charge in [0, 0.05) is 43.3 Å². The van der Waals surface area contributed by atoms with E-state index in [1.807, 2.05) is 6.07 Å². The van der Waals surface area contributed by atoms with Crippen LogP contribution >= 0.6 is 0 Å². The van der Waals surface area contributed by atoms with Gasteiger partial charge in [-0.25, -0.2) is 0 Å². The van der Waals surface area contributed by atoms with Crippen LogP contribution in [0, 0.1) is 11.8 Å². The van der Waals surface area contributed by atoms with Crippen molar-refractivity contribution >= 4 is 17.5 Å². The van der Waals surface area contributed by atoms with Crippen LogP contribution in [0.4, 0.5) is 5.69 Å². The topological polar surface area (TPSA) is 70.7 Å². The Balaban J connectivity index is 1.47. The lowest BCUT2D eigenvalue weighted by Gasteiger charge is -2.26. The van der Waals surface area contributed by atoms with Crippen molar-refractivity contribution in [1.82, 2.24) is 10.2 Å². The third kappa shape index (κ3) is 4.55. The van der Waals surface area contributed by atoms with E-state index in [0.717, 1.165) is 39.3 Å². The summed E-state index contributed by atoms with van der Waals surface area (Å²) in [5.41, 5.74) is 1.25. The third-order valence-corrected chi connectivity index (χ3v) is 4.66. The number of ether oxygens (including phenoxy) is 1. The zero-order chi connectivity index (χ0) is 16.9. The number of nitrogens with one attached hydrogen (secondary N) is 2. The van der Waals surface area contributed by atoms with E-state index in [-0.39, 0.29) is 17.7 Å². The Morgan fingerprint density at radius 3 is 2.75 bits per heavy atom. The number of amides is 2. The summed E-state index contributed by atoms with van der Waals surface area (Å²) in [6.45, 7) is 6.85. The molecule has 2 amide bonds. The van der Waals surface area contributed by atoms with Gasteiger partial charge in [-0.2, -0.15) is 0 Å². The second-order valence-electron chi connectivity index (χ2n) is 6.60. The molecule has 2 fully saturated rings. The van der Waals surface area contributed by atoms with Crippen LogP contribution in [-0.4, -0.2) is 56.1 Å². The van der Waals surface area contributed by atoms with Crippen LogP contribution in [0.2, 0.25) is 0 Å². The summed E-state index contributed by atoms with van der Waals surface area (Å²) in [6, 6.07) is 7.10. The molecule has 2 N–H and O–H groups in total. The van der Waals surface area contributed by atoms with E-state index in [1.54, 1.807) is 18.2 Å². The highest BCUT2D eigenvalue weighted by atomic mass is 16.5. The lowest BCUT2D eigenvalue weighted by molar-refractivity contribution is -0.117. The number of carbonyl (C=O) groups excluding carboxylic acids is 2. The highest BCUT2D eigenvalue weighted by molar-refractivity contribution is 5.98. The highest BCUT2D eigenvalue weighted by Gasteiger charge is 2.39. The van der Waals surface area contributed by atoms with Crippen LogP contribution in [0.15, 0.2) is 24.3 Å². The molecular weight excluding hydrogens is 306 g/mol.